The molecule has 4 aromatic rings. The quantitative estimate of drug-likeness (QED) is 0.444. The molecule has 2 aromatic heterocycles. The topological polar surface area (TPSA) is 78.7 Å². The Labute approximate surface area is 199 Å². The van der Waals surface area contributed by atoms with Gasteiger partial charge in [-0.3, -0.25) is 9.78 Å². The van der Waals surface area contributed by atoms with Gasteiger partial charge in [0.25, 0.3) is 0 Å². The lowest BCUT2D eigenvalue weighted by Crippen LogP contribution is -2.46. The highest BCUT2D eigenvalue weighted by molar-refractivity contribution is 6.07. The van der Waals surface area contributed by atoms with Gasteiger partial charge in [-0.1, -0.05) is 6.07 Å². The molecule has 7 nitrogen and oxygen atoms in total. The fourth-order valence-corrected chi connectivity index (χ4v) is 4.71. The molecule has 180 valence electrons. The summed E-state index contributed by atoms with van der Waals surface area (Å²) < 4.78 is 30.8. The lowest BCUT2D eigenvalue weighted by molar-refractivity contribution is 0.0695. The van der Waals surface area contributed by atoms with Crippen LogP contribution in [0.3, 0.4) is 0 Å². The van der Waals surface area contributed by atoms with Gasteiger partial charge in [0.2, 0.25) is 5.43 Å². The Hall–Kier alpha value is -4.01. The van der Waals surface area contributed by atoms with Crippen molar-refractivity contribution in [1.82, 2.24) is 9.55 Å². The van der Waals surface area contributed by atoms with Crippen LogP contribution in [0, 0.1) is 18.6 Å². The summed E-state index contributed by atoms with van der Waals surface area (Å²) in [5.41, 5.74) is 1.52. The average molecular weight is 478 g/mol. The van der Waals surface area contributed by atoms with Crippen molar-refractivity contribution in [2.45, 2.75) is 20.4 Å². The Morgan fingerprint density at radius 3 is 2.43 bits per heavy atom. The molecule has 0 bridgehead atoms. The minimum Gasteiger partial charge on any atom is -0.477 e. The van der Waals surface area contributed by atoms with Gasteiger partial charge in [0.1, 0.15) is 17.2 Å². The molecule has 0 radical (unpaired) electrons. The van der Waals surface area contributed by atoms with Crippen LogP contribution in [0.5, 0.6) is 0 Å². The SMILES string of the molecule is CCn1cc(C(=O)O)c(=O)c2c3cc(N4CCN(c5ccc(C)c(F)c5)CC4)c(F)cc3ncc21. The second-order valence-corrected chi connectivity index (χ2v) is 8.71. The number of aromatic carboxylic acids is 1. The zero-order valence-corrected chi connectivity index (χ0v) is 19.4. The highest BCUT2D eigenvalue weighted by atomic mass is 19.1. The predicted octanol–water partition coefficient (Wildman–Crippen LogP) is 4.18. The largest absolute Gasteiger partial charge is 0.477 e. The maximum Gasteiger partial charge on any atom is 0.341 e. The van der Waals surface area contributed by atoms with E-state index in [4.69, 9.17) is 0 Å². The van der Waals surface area contributed by atoms with E-state index >= 15 is 4.39 Å². The van der Waals surface area contributed by atoms with Crippen LogP contribution < -0.4 is 15.2 Å². The van der Waals surface area contributed by atoms with Crippen molar-refractivity contribution < 1.29 is 18.7 Å². The lowest BCUT2D eigenvalue weighted by atomic mass is 10.0. The van der Waals surface area contributed by atoms with Crippen molar-refractivity contribution in [2.24, 2.45) is 0 Å². The van der Waals surface area contributed by atoms with Gasteiger partial charge in [-0.25, -0.2) is 13.6 Å². The third kappa shape index (κ3) is 3.86. The number of hydrogen-bond acceptors (Lipinski definition) is 5. The second kappa shape index (κ2) is 8.65. The number of nitrogens with zero attached hydrogens (tertiary/aromatic N) is 4. The molecular weight excluding hydrogens is 454 g/mol. The Balaban J connectivity index is 1.56. The number of pyridine rings is 2. The van der Waals surface area contributed by atoms with Gasteiger partial charge in [0.05, 0.1) is 28.3 Å². The zero-order valence-electron chi connectivity index (χ0n) is 19.4. The summed E-state index contributed by atoms with van der Waals surface area (Å²) in [7, 11) is 0. The van der Waals surface area contributed by atoms with Gasteiger partial charge in [0, 0.05) is 56.1 Å². The number of carbonyl (C=O) groups is 1. The van der Waals surface area contributed by atoms with E-state index in [1.165, 1.54) is 24.5 Å². The smallest absolute Gasteiger partial charge is 0.341 e. The number of benzene rings is 2. The average Bonchev–Trinajstić information content (AvgIpc) is 2.85. The van der Waals surface area contributed by atoms with E-state index in [9.17, 15) is 19.1 Å². The van der Waals surface area contributed by atoms with E-state index in [0.717, 1.165) is 5.69 Å². The Morgan fingerprint density at radius 2 is 1.77 bits per heavy atom. The predicted molar refractivity (Wildman–Crippen MR) is 132 cm³/mol. The molecule has 0 aliphatic carbocycles. The highest BCUT2D eigenvalue weighted by Crippen LogP contribution is 2.30. The maximum atomic E-state index is 15.2. The van der Waals surface area contributed by atoms with Crippen LogP contribution in [0.1, 0.15) is 22.8 Å². The molecular formula is C26H24F2N4O3. The number of fused-ring (bicyclic) bond motifs is 3. The molecule has 0 amide bonds. The van der Waals surface area contributed by atoms with Crippen LogP contribution in [0.15, 0.2) is 47.5 Å². The van der Waals surface area contributed by atoms with E-state index in [2.05, 4.69) is 4.98 Å². The number of anilines is 2. The fraction of sp³-hybridized carbons (Fsp3) is 0.269. The van der Waals surface area contributed by atoms with Gasteiger partial charge in [-0.15, -0.1) is 0 Å². The summed E-state index contributed by atoms with van der Waals surface area (Å²) in [5.74, 6) is -2.04. The van der Waals surface area contributed by atoms with Crippen molar-refractivity contribution in [3.05, 3.63) is 75.7 Å². The molecule has 1 aliphatic rings. The molecule has 0 spiro atoms. The van der Waals surface area contributed by atoms with Crippen molar-refractivity contribution in [1.29, 1.82) is 0 Å². The van der Waals surface area contributed by atoms with Crippen molar-refractivity contribution >= 4 is 39.1 Å². The van der Waals surface area contributed by atoms with Crippen LogP contribution in [-0.2, 0) is 6.54 Å². The normalized spacial score (nSPS) is 14.2. The van der Waals surface area contributed by atoms with E-state index < -0.39 is 17.2 Å². The highest BCUT2D eigenvalue weighted by Gasteiger charge is 2.23. The first kappa shape index (κ1) is 22.8. The van der Waals surface area contributed by atoms with Gasteiger partial charge in [-0.2, -0.15) is 0 Å². The number of carboxylic acids is 1. The third-order valence-corrected chi connectivity index (χ3v) is 6.69. The maximum absolute atomic E-state index is 15.2. The number of halogens is 2. The molecule has 0 saturated carbocycles. The van der Waals surface area contributed by atoms with Gasteiger partial charge >= 0.3 is 5.97 Å². The molecule has 5 rings (SSSR count). The van der Waals surface area contributed by atoms with Gasteiger partial charge < -0.3 is 19.5 Å². The summed E-state index contributed by atoms with van der Waals surface area (Å²) >= 11 is 0. The van der Waals surface area contributed by atoms with Crippen LogP contribution in [0.4, 0.5) is 20.2 Å². The lowest BCUT2D eigenvalue weighted by Gasteiger charge is -2.37. The monoisotopic (exact) mass is 478 g/mol. The van der Waals surface area contributed by atoms with Crippen LogP contribution in [0.25, 0.3) is 21.8 Å². The molecule has 0 unspecified atom stereocenters. The van der Waals surface area contributed by atoms with Crippen molar-refractivity contribution in [3.63, 3.8) is 0 Å². The Bertz CT molecular complexity index is 1540. The Kier molecular flexibility index (Phi) is 5.62. The number of rotatable bonds is 4. The summed E-state index contributed by atoms with van der Waals surface area (Å²) in [6.45, 7) is 6.13. The van der Waals surface area contributed by atoms with Gasteiger partial charge in [0.15, 0.2) is 0 Å². The number of aryl methyl sites for hydroxylation is 2. The van der Waals surface area contributed by atoms with E-state index in [0.29, 0.717) is 54.9 Å². The molecule has 9 heteroatoms. The number of carboxylic acid groups (broad SMARTS) is 1. The Morgan fingerprint density at radius 1 is 1.06 bits per heavy atom. The second-order valence-electron chi connectivity index (χ2n) is 8.71. The number of aromatic nitrogens is 2. The van der Waals surface area contributed by atoms with Crippen LogP contribution in [-0.4, -0.2) is 46.8 Å². The molecule has 35 heavy (non-hydrogen) atoms. The molecule has 2 aromatic carbocycles. The van der Waals surface area contributed by atoms with Crippen LogP contribution >= 0.6 is 0 Å². The molecule has 3 heterocycles. The minimum atomic E-state index is -1.31. The molecule has 1 N–H and O–H groups in total. The molecule has 1 saturated heterocycles. The summed E-state index contributed by atoms with van der Waals surface area (Å²) in [5, 5.41) is 10.2. The van der Waals surface area contributed by atoms with Crippen molar-refractivity contribution in [2.75, 3.05) is 36.0 Å². The van der Waals surface area contributed by atoms with E-state index in [-0.39, 0.29) is 22.3 Å². The van der Waals surface area contributed by atoms with Crippen molar-refractivity contribution in [3.8, 4) is 0 Å². The summed E-state index contributed by atoms with van der Waals surface area (Å²) in [6.07, 6.45) is 2.80. The zero-order chi connectivity index (χ0) is 24.9. The first-order chi connectivity index (χ1) is 16.8. The van der Waals surface area contributed by atoms with E-state index in [1.807, 2.05) is 22.8 Å². The number of hydrogen-bond donors (Lipinski definition) is 1. The molecule has 1 aliphatic heterocycles. The standard InChI is InChI=1S/C26H24F2N4O3/c1-3-30-14-18(26(34)35)25(33)24-17-11-22(20(28)12-21(17)29-13-23(24)30)32-8-6-31(7-9-32)16-5-4-15(2)19(27)10-16/h4-5,10-14H,3,6-9H2,1-2H3,(H,34,35). The first-order valence-electron chi connectivity index (χ1n) is 11.4. The van der Waals surface area contributed by atoms with Gasteiger partial charge in [-0.05, 0) is 37.6 Å². The van der Waals surface area contributed by atoms with Crippen LogP contribution in [0.2, 0.25) is 0 Å². The summed E-state index contributed by atoms with van der Waals surface area (Å²) in [6, 6.07) is 8.01. The third-order valence-electron chi connectivity index (χ3n) is 6.69. The van der Waals surface area contributed by atoms with E-state index in [1.54, 1.807) is 23.6 Å². The fourth-order valence-electron chi connectivity index (χ4n) is 4.71. The summed E-state index contributed by atoms with van der Waals surface area (Å²) in [4.78, 5) is 33.1. The minimum absolute atomic E-state index is 0.215. The molecule has 0 atom stereocenters. The number of piperazine rings is 1. The molecule has 1 fully saturated rings. The first-order valence-corrected chi connectivity index (χ1v) is 11.4.